The van der Waals surface area contributed by atoms with E-state index in [4.69, 9.17) is 17.0 Å². The molecule has 28 heavy (non-hydrogen) atoms. The lowest BCUT2D eigenvalue weighted by Gasteiger charge is -2.12. The van der Waals surface area contributed by atoms with Gasteiger partial charge < -0.3 is 14.6 Å². The zero-order valence-electron chi connectivity index (χ0n) is 16.2. The summed E-state index contributed by atoms with van der Waals surface area (Å²) >= 11 is 5.26. The molecule has 6 nitrogen and oxygen atoms in total. The van der Waals surface area contributed by atoms with Gasteiger partial charge in [0.1, 0.15) is 11.6 Å². The highest BCUT2D eigenvalue weighted by molar-refractivity contribution is 7.71. The number of methoxy groups -OCH3 is 1. The van der Waals surface area contributed by atoms with Gasteiger partial charge >= 0.3 is 0 Å². The lowest BCUT2D eigenvalue weighted by molar-refractivity contribution is 0.0954. The first-order valence-corrected chi connectivity index (χ1v) is 9.59. The van der Waals surface area contributed by atoms with Crippen LogP contribution in [-0.2, 0) is 6.42 Å². The zero-order valence-corrected chi connectivity index (χ0v) is 17.0. The van der Waals surface area contributed by atoms with E-state index in [9.17, 15) is 4.79 Å². The van der Waals surface area contributed by atoms with Crippen LogP contribution in [0, 0.1) is 4.77 Å². The fourth-order valence-corrected chi connectivity index (χ4v) is 3.49. The molecule has 2 N–H and O–H groups in total. The molecule has 3 aromatic rings. The van der Waals surface area contributed by atoms with E-state index in [1.165, 1.54) is 0 Å². The third-order valence-corrected chi connectivity index (χ3v) is 4.76. The normalized spacial score (nSPS) is 10.9. The van der Waals surface area contributed by atoms with E-state index in [0.29, 0.717) is 23.3 Å². The van der Waals surface area contributed by atoms with Crippen LogP contribution in [0.3, 0.4) is 0 Å². The molecule has 0 spiro atoms. The standard InChI is InChI=1S/C21H24N4O2S/c1-14(2)25-19(23-24-21(25)28)11-12-22-20(26)16-9-10-18(27-3)17(13-16)15-7-5-4-6-8-15/h4-10,13-14H,11-12H2,1-3H3,(H,22,26)(H,24,28). The largest absolute Gasteiger partial charge is 0.496 e. The SMILES string of the molecule is COc1ccc(C(=O)NCCc2n[nH]c(=S)n2C(C)C)cc1-c1ccccc1. The first kappa shape index (κ1) is 19.8. The van der Waals surface area contributed by atoms with Crippen LogP contribution in [0.5, 0.6) is 5.75 Å². The van der Waals surface area contributed by atoms with Crippen LogP contribution < -0.4 is 10.1 Å². The quantitative estimate of drug-likeness (QED) is 0.588. The summed E-state index contributed by atoms with van der Waals surface area (Å²) in [6.45, 7) is 4.57. The molecule has 0 fully saturated rings. The van der Waals surface area contributed by atoms with Crippen LogP contribution in [0.15, 0.2) is 48.5 Å². The van der Waals surface area contributed by atoms with E-state index in [1.54, 1.807) is 13.2 Å². The minimum Gasteiger partial charge on any atom is -0.496 e. The molecule has 0 aliphatic carbocycles. The predicted octanol–water partition coefficient (Wildman–Crippen LogP) is 4.17. The summed E-state index contributed by atoms with van der Waals surface area (Å²) in [5.41, 5.74) is 2.47. The van der Waals surface area contributed by atoms with E-state index in [0.717, 1.165) is 22.7 Å². The van der Waals surface area contributed by atoms with Gasteiger partial charge in [0.2, 0.25) is 0 Å². The maximum atomic E-state index is 12.6. The summed E-state index contributed by atoms with van der Waals surface area (Å²) in [4.78, 5) is 12.6. The third-order valence-electron chi connectivity index (χ3n) is 4.47. The van der Waals surface area contributed by atoms with Gasteiger partial charge in [-0.2, -0.15) is 5.10 Å². The van der Waals surface area contributed by atoms with Crippen molar-refractivity contribution in [2.45, 2.75) is 26.3 Å². The Labute approximate surface area is 169 Å². The van der Waals surface area contributed by atoms with Crippen LogP contribution in [-0.4, -0.2) is 34.3 Å². The van der Waals surface area contributed by atoms with Crippen molar-refractivity contribution in [3.63, 3.8) is 0 Å². The van der Waals surface area contributed by atoms with Crippen molar-refractivity contribution in [3.8, 4) is 16.9 Å². The Morgan fingerprint density at radius 3 is 2.68 bits per heavy atom. The van der Waals surface area contributed by atoms with Gasteiger partial charge in [0.25, 0.3) is 5.91 Å². The monoisotopic (exact) mass is 396 g/mol. The van der Waals surface area contributed by atoms with E-state index in [2.05, 4.69) is 29.4 Å². The van der Waals surface area contributed by atoms with Crippen molar-refractivity contribution in [1.29, 1.82) is 0 Å². The molecule has 0 atom stereocenters. The molecule has 1 aromatic heterocycles. The highest BCUT2D eigenvalue weighted by Gasteiger charge is 2.13. The predicted molar refractivity (Wildman–Crippen MR) is 112 cm³/mol. The number of carbonyl (C=O) groups excluding carboxylic acids is 1. The van der Waals surface area contributed by atoms with Crippen molar-refractivity contribution in [2.24, 2.45) is 0 Å². The maximum absolute atomic E-state index is 12.6. The topological polar surface area (TPSA) is 71.9 Å². The average Bonchev–Trinajstić information content (AvgIpc) is 3.08. The summed E-state index contributed by atoms with van der Waals surface area (Å²) in [6, 6.07) is 15.5. The van der Waals surface area contributed by atoms with Gasteiger partial charge in [-0.25, -0.2) is 0 Å². The first-order valence-electron chi connectivity index (χ1n) is 9.18. The fourth-order valence-electron chi connectivity index (χ4n) is 3.13. The van der Waals surface area contributed by atoms with Crippen molar-refractivity contribution in [1.82, 2.24) is 20.1 Å². The number of aromatic amines is 1. The number of hydrogen-bond donors (Lipinski definition) is 2. The van der Waals surface area contributed by atoms with Gasteiger partial charge in [-0.05, 0) is 49.8 Å². The smallest absolute Gasteiger partial charge is 0.251 e. The number of nitrogens with zero attached hydrogens (tertiary/aromatic N) is 2. The Bertz CT molecular complexity index is 1010. The lowest BCUT2D eigenvalue weighted by atomic mass is 10.0. The molecule has 1 amide bonds. The van der Waals surface area contributed by atoms with Gasteiger partial charge in [-0.15, -0.1) is 0 Å². The minimum atomic E-state index is -0.134. The molecule has 0 saturated heterocycles. The second-order valence-electron chi connectivity index (χ2n) is 6.70. The molecule has 0 aliphatic rings. The van der Waals surface area contributed by atoms with Crippen LogP contribution in [0.1, 0.15) is 36.1 Å². The van der Waals surface area contributed by atoms with E-state index >= 15 is 0 Å². The number of H-pyrrole nitrogens is 1. The highest BCUT2D eigenvalue weighted by atomic mass is 32.1. The number of rotatable bonds is 7. The number of benzene rings is 2. The summed E-state index contributed by atoms with van der Waals surface area (Å²) in [5, 5.41) is 10.0. The van der Waals surface area contributed by atoms with Crippen LogP contribution in [0.4, 0.5) is 0 Å². The van der Waals surface area contributed by atoms with Crippen LogP contribution in [0.25, 0.3) is 11.1 Å². The highest BCUT2D eigenvalue weighted by Crippen LogP contribution is 2.30. The molecule has 7 heteroatoms. The fraction of sp³-hybridized carbons (Fsp3) is 0.286. The molecule has 0 aliphatic heterocycles. The summed E-state index contributed by atoms with van der Waals surface area (Å²) in [6.07, 6.45) is 0.596. The molecule has 0 radical (unpaired) electrons. The Hall–Kier alpha value is -2.93. The molecule has 1 heterocycles. The van der Waals surface area contributed by atoms with E-state index in [-0.39, 0.29) is 11.9 Å². The molecule has 0 saturated carbocycles. The van der Waals surface area contributed by atoms with Gasteiger partial charge in [-0.3, -0.25) is 9.89 Å². The first-order chi connectivity index (χ1) is 13.5. The Morgan fingerprint density at radius 2 is 2.00 bits per heavy atom. The maximum Gasteiger partial charge on any atom is 0.251 e. The Balaban J connectivity index is 1.72. The summed E-state index contributed by atoms with van der Waals surface area (Å²) < 4.78 is 8.01. The van der Waals surface area contributed by atoms with Gasteiger partial charge in [0, 0.05) is 30.1 Å². The number of hydrogen-bond acceptors (Lipinski definition) is 4. The third kappa shape index (κ3) is 4.31. The summed E-state index contributed by atoms with van der Waals surface area (Å²) in [7, 11) is 1.63. The van der Waals surface area contributed by atoms with Crippen molar-refractivity contribution in [3.05, 3.63) is 64.7 Å². The number of ether oxygens (including phenoxy) is 1. The second kappa shape index (κ2) is 8.84. The molecule has 0 unspecified atom stereocenters. The number of carbonyl (C=O) groups is 1. The van der Waals surface area contributed by atoms with Gasteiger partial charge in [0.15, 0.2) is 4.77 Å². The van der Waals surface area contributed by atoms with Crippen LogP contribution >= 0.6 is 12.2 Å². The lowest BCUT2D eigenvalue weighted by Crippen LogP contribution is -2.26. The minimum absolute atomic E-state index is 0.134. The average molecular weight is 397 g/mol. The Kier molecular flexibility index (Phi) is 6.26. The number of aromatic nitrogens is 3. The second-order valence-corrected chi connectivity index (χ2v) is 7.08. The van der Waals surface area contributed by atoms with Gasteiger partial charge in [-0.1, -0.05) is 30.3 Å². The molecular weight excluding hydrogens is 372 g/mol. The van der Waals surface area contributed by atoms with Crippen molar-refractivity contribution in [2.75, 3.05) is 13.7 Å². The zero-order chi connectivity index (χ0) is 20.1. The summed E-state index contributed by atoms with van der Waals surface area (Å²) in [5.74, 6) is 1.43. The van der Waals surface area contributed by atoms with E-state index < -0.39 is 0 Å². The van der Waals surface area contributed by atoms with E-state index in [1.807, 2.05) is 47.0 Å². The van der Waals surface area contributed by atoms with Crippen molar-refractivity contribution < 1.29 is 9.53 Å². The van der Waals surface area contributed by atoms with Crippen molar-refractivity contribution >= 4 is 18.1 Å². The number of nitrogens with one attached hydrogen (secondary N) is 2. The molecule has 2 aromatic carbocycles. The molecule has 146 valence electrons. The van der Waals surface area contributed by atoms with Gasteiger partial charge in [0.05, 0.1) is 7.11 Å². The molecular formula is C21H24N4O2S. The van der Waals surface area contributed by atoms with Crippen LogP contribution in [0.2, 0.25) is 0 Å². The number of amides is 1. The molecule has 0 bridgehead atoms. The Morgan fingerprint density at radius 1 is 1.25 bits per heavy atom. The molecule has 3 rings (SSSR count).